The van der Waals surface area contributed by atoms with Gasteiger partial charge in [0, 0.05) is 68.2 Å². The van der Waals surface area contributed by atoms with Gasteiger partial charge in [-0.2, -0.15) is 0 Å². The molecule has 52 heavy (non-hydrogen) atoms. The Morgan fingerprint density at radius 3 is 1.44 bits per heavy atom. The first-order valence-electron chi connectivity index (χ1n) is 18.2. The van der Waals surface area contributed by atoms with Crippen LogP contribution in [0.3, 0.4) is 0 Å². The van der Waals surface area contributed by atoms with Gasteiger partial charge < -0.3 is 33.2 Å². The number of benzene rings is 2. The van der Waals surface area contributed by atoms with Crippen LogP contribution in [-0.2, 0) is 39.9 Å². The van der Waals surface area contributed by atoms with Gasteiger partial charge in [0.05, 0.1) is 0 Å². The van der Waals surface area contributed by atoms with Gasteiger partial charge in [0.2, 0.25) is 5.75 Å². The lowest BCUT2D eigenvalue weighted by Gasteiger charge is -2.34. The normalized spacial score (nSPS) is 14.7. The van der Waals surface area contributed by atoms with Crippen LogP contribution in [0.4, 0.5) is 0 Å². The van der Waals surface area contributed by atoms with Gasteiger partial charge in [-0.25, -0.2) is 0 Å². The van der Waals surface area contributed by atoms with Crippen LogP contribution in [0.1, 0.15) is 136 Å². The third-order valence-electron chi connectivity index (χ3n) is 7.64. The van der Waals surface area contributed by atoms with Crippen LogP contribution in [-0.4, -0.2) is 41.9 Å². The van der Waals surface area contributed by atoms with Crippen molar-refractivity contribution in [1.82, 2.24) is 0 Å². The molecular formula is C39H50O13. The number of carbonyl (C=O) groups excluding carboxylic acids is 6. The Hall–Kier alpha value is -4.94. The number of ether oxygens (including phenoxy) is 7. The summed E-state index contributed by atoms with van der Waals surface area (Å²) in [7, 11) is 0. The molecule has 0 saturated carbocycles. The molecule has 0 radical (unpaired) electrons. The Kier molecular flexibility index (Phi) is 16.6. The van der Waals surface area contributed by atoms with E-state index in [1.54, 1.807) is 20.8 Å². The van der Waals surface area contributed by atoms with E-state index in [2.05, 4.69) is 0 Å². The van der Waals surface area contributed by atoms with Gasteiger partial charge in [-0.15, -0.1) is 0 Å². The van der Waals surface area contributed by atoms with Crippen molar-refractivity contribution in [2.75, 3.05) is 0 Å². The maximum Gasteiger partial charge on any atom is 0.311 e. The van der Waals surface area contributed by atoms with Gasteiger partial charge in [0.25, 0.3) is 0 Å². The van der Waals surface area contributed by atoms with Crippen LogP contribution < -0.4 is 28.4 Å². The molecule has 0 spiro atoms. The maximum absolute atomic E-state index is 13.0. The summed E-state index contributed by atoms with van der Waals surface area (Å²) in [5.41, 5.74) is 0.631. The molecule has 1 unspecified atom stereocenters. The van der Waals surface area contributed by atoms with E-state index < -0.39 is 48.0 Å². The van der Waals surface area contributed by atoms with E-state index in [4.69, 9.17) is 33.2 Å². The monoisotopic (exact) mass is 726 g/mol. The van der Waals surface area contributed by atoms with E-state index in [0.29, 0.717) is 44.1 Å². The predicted octanol–water partition coefficient (Wildman–Crippen LogP) is 7.60. The molecule has 13 nitrogen and oxygen atoms in total. The van der Waals surface area contributed by atoms with E-state index in [-0.39, 0.29) is 85.0 Å². The minimum atomic E-state index is -1.12. The molecule has 1 aliphatic rings. The lowest BCUT2D eigenvalue weighted by molar-refractivity contribution is -0.155. The minimum absolute atomic E-state index is 0.00344. The molecule has 2 aromatic rings. The molecule has 0 N–H and O–H groups in total. The van der Waals surface area contributed by atoms with Gasteiger partial charge in [-0.1, -0.05) is 41.5 Å². The van der Waals surface area contributed by atoms with Crippen molar-refractivity contribution in [3.05, 3.63) is 35.4 Å². The molecule has 0 fully saturated rings. The third kappa shape index (κ3) is 12.1. The topological polar surface area (TPSA) is 167 Å². The van der Waals surface area contributed by atoms with Crippen LogP contribution in [0.25, 0.3) is 0 Å². The summed E-state index contributed by atoms with van der Waals surface area (Å²) in [6.07, 6.45) is 1.34. The minimum Gasteiger partial charge on any atom is -0.481 e. The van der Waals surface area contributed by atoms with E-state index in [9.17, 15) is 28.8 Å². The molecule has 0 aliphatic carbocycles. The summed E-state index contributed by atoms with van der Waals surface area (Å²) in [4.78, 5) is 76.6. The zero-order valence-corrected chi connectivity index (χ0v) is 31.0. The van der Waals surface area contributed by atoms with Crippen LogP contribution in [0.2, 0.25) is 0 Å². The summed E-state index contributed by atoms with van der Waals surface area (Å²) in [5, 5.41) is 0. The predicted molar refractivity (Wildman–Crippen MR) is 187 cm³/mol. The highest BCUT2D eigenvalue weighted by atomic mass is 16.6. The molecule has 2 aromatic carbocycles. The second-order valence-electron chi connectivity index (χ2n) is 12.4. The third-order valence-corrected chi connectivity index (χ3v) is 7.64. The summed E-state index contributed by atoms with van der Waals surface area (Å²) < 4.78 is 40.7. The van der Waals surface area contributed by atoms with Crippen molar-refractivity contribution in [2.45, 2.75) is 137 Å². The first-order valence-corrected chi connectivity index (χ1v) is 18.2. The van der Waals surface area contributed by atoms with Crippen molar-refractivity contribution in [3.63, 3.8) is 0 Å². The molecule has 3 rings (SSSR count). The Balaban J connectivity index is 2.28. The summed E-state index contributed by atoms with van der Waals surface area (Å²) >= 11 is 0. The SMILES string of the molecule is CCCC(=O)Oc1cc(OC(=O)CCC)c2c(c1)O[C@H](c1cc(OC(=O)CCC)c(OC(=O)CCC)c(OC(=O)CCC)c1)C(OC(=O)CCC)C2. The fourth-order valence-corrected chi connectivity index (χ4v) is 5.29. The Morgan fingerprint density at radius 2 is 0.962 bits per heavy atom. The maximum atomic E-state index is 13.0. The highest BCUT2D eigenvalue weighted by Crippen LogP contribution is 2.47. The second-order valence-corrected chi connectivity index (χ2v) is 12.4. The van der Waals surface area contributed by atoms with Crippen LogP contribution >= 0.6 is 0 Å². The highest BCUT2D eigenvalue weighted by molar-refractivity contribution is 5.80. The molecular weight excluding hydrogens is 676 g/mol. The van der Waals surface area contributed by atoms with Gasteiger partial charge >= 0.3 is 35.8 Å². The van der Waals surface area contributed by atoms with Crippen molar-refractivity contribution < 1.29 is 61.9 Å². The van der Waals surface area contributed by atoms with Gasteiger partial charge in [0.1, 0.15) is 23.4 Å². The zero-order chi connectivity index (χ0) is 38.2. The molecule has 0 aromatic heterocycles. The number of rotatable bonds is 19. The lowest BCUT2D eigenvalue weighted by Crippen LogP contribution is -2.35. The molecule has 284 valence electrons. The van der Waals surface area contributed by atoms with Crippen molar-refractivity contribution >= 4 is 35.8 Å². The van der Waals surface area contributed by atoms with E-state index in [1.807, 2.05) is 20.8 Å². The summed E-state index contributed by atoms with van der Waals surface area (Å²) in [5.74, 6) is -3.80. The van der Waals surface area contributed by atoms with E-state index >= 15 is 0 Å². The van der Waals surface area contributed by atoms with Gasteiger partial charge in [-0.3, -0.25) is 28.8 Å². The number of esters is 6. The Bertz CT molecular complexity index is 1550. The smallest absolute Gasteiger partial charge is 0.311 e. The number of hydrogen-bond donors (Lipinski definition) is 0. The van der Waals surface area contributed by atoms with Crippen molar-refractivity contribution in [2.24, 2.45) is 0 Å². The molecule has 0 bridgehead atoms. The van der Waals surface area contributed by atoms with Crippen LogP contribution in [0.5, 0.6) is 34.5 Å². The largest absolute Gasteiger partial charge is 0.481 e. The summed E-state index contributed by atoms with van der Waals surface area (Å²) in [6, 6.07) is 5.71. The quantitative estimate of drug-likeness (QED) is 0.103. The molecule has 0 saturated heterocycles. The fourth-order valence-electron chi connectivity index (χ4n) is 5.29. The first-order chi connectivity index (χ1) is 25.0. The molecule has 1 heterocycles. The number of hydrogen-bond acceptors (Lipinski definition) is 13. The molecule has 1 aliphatic heterocycles. The second kappa shape index (κ2) is 20.8. The standard InChI is InChI=1S/C39H50O13/c1-7-13-32(40)46-25-21-27(47-33(41)14-8-2)26-23-31(50-36(44)17-11-5)38(51-28(26)22-25)24-19-29(48-34(42)15-9-3)39(52-37(45)18-12-6)30(20-24)49-35(43)16-10-4/h19-22,31,38H,7-18,23H2,1-6H3/t31?,38-/m1/s1. The van der Waals surface area contributed by atoms with E-state index in [0.717, 1.165) is 0 Å². The average Bonchev–Trinajstić information content (AvgIpc) is 3.06. The fraction of sp³-hybridized carbons (Fsp3) is 0.538. The van der Waals surface area contributed by atoms with E-state index in [1.165, 1.54) is 24.3 Å². The first kappa shape index (κ1) is 41.5. The van der Waals surface area contributed by atoms with Crippen LogP contribution in [0.15, 0.2) is 24.3 Å². The lowest BCUT2D eigenvalue weighted by atomic mass is 9.93. The molecule has 0 amide bonds. The summed E-state index contributed by atoms with van der Waals surface area (Å²) in [6.45, 7) is 10.9. The molecule has 2 atom stereocenters. The average molecular weight is 727 g/mol. The molecule has 13 heteroatoms. The van der Waals surface area contributed by atoms with Gasteiger partial charge in [0.15, 0.2) is 17.6 Å². The Labute approximate surface area is 304 Å². The van der Waals surface area contributed by atoms with Crippen LogP contribution in [0, 0.1) is 0 Å². The van der Waals surface area contributed by atoms with Gasteiger partial charge in [-0.05, 0) is 50.7 Å². The van der Waals surface area contributed by atoms with Crippen molar-refractivity contribution in [3.8, 4) is 34.5 Å². The number of carbonyl (C=O) groups is 6. The van der Waals surface area contributed by atoms with Crippen molar-refractivity contribution in [1.29, 1.82) is 0 Å². The zero-order valence-electron chi connectivity index (χ0n) is 31.0. The number of fused-ring (bicyclic) bond motifs is 1. The highest BCUT2D eigenvalue weighted by Gasteiger charge is 2.38. The Morgan fingerprint density at radius 1 is 0.538 bits per heavy atom.